The van der Waals surface area contributed by atoms with E-state index in [0.29, 0.717) is 17.3 Å². The van der Waals surface area contributed by atoms with Gasteiger partial charge in [0.2, 0.25) is 11.8 Å². The molecule has 1 saturated heterocycles. The second-order valence-electron chi connectivity index (χ2n) is 9.83. The zero-order chi connectivity index (χ0) is 20.3. The van der Waals surface area contributed by atoms with Crippen molar-refractivity contribution in [2.75, 3.05) is 11.4 Å². The molecular formula is C23H27ClN2O3. The van der Waals surface area contributed by atoms with Crippen LogP contribution in [0.15, 0.2) is 24.3 Å². The Morgan fingerprint density at radius 2 is 1.76 bits per heavy atom. The number of carbonyl (C=O) groups excluding carboxylic acids is 3. The monoisotopic (exact) mass is 414 g/mol. The number of halogens is 1. The third-order valence-electron chi connectivity index (χ3n) is 7.64. The van der Waals surface area contributed by atoms with E-state index in [4.69, 9.17) is 11.6 Å². The fourth-order valence-electron chi connectivity index (χ4n) is 7.03. The first-order valence-corrected chi connectivity index (χ1v) is 11.1. The van der Waals surface area contributed by atoms with Gasteiger partial charge < -0.3 is 4.90 Å². The van der Waals surface area contributed by atoms with Crippen LogP contribution in [0.3, 0.4) is 0 Å². The van der Waals surface area contributed by atoms with Crippen LogP contribution in [0.2, 0.25) is 5.02 Å². The van der Waals surface area contributed by atoms with Crippen LogP contribution in [0.5, 0.6) is 0 Å². The number of anilines is 1. The maximum Gasteiger partial charge on any atom is 0.257 e. The van der Waals surface area contributed by atoms with Crippen molar-refractivity contribution in [2.24, 2.45) is 23.2 Å². The molecular weight excluding hydrogens is 388 g/mol. The summed E-state index contributed by atoms with van der Waals surface area (Å²) < 4.78 is 0. The molecule has 29 heavy (non-hydrogen) atoms. The molecule has 0 N–H and O–H groups in total. The van der Waals surface area contributed by atoms with Crippen LogP contribution < -0.4 is 4.90 Å². The van der Waals surface area contributed by atoms with Crippen LogP contribution >= 0.6 is 11.6 Å². The van der Waals surface area contributed by atoms with Crippen molar-refractivity contribution in [3.05, 3.63) is 29.3 Å². The lowest BCUT2D eigenvalue weighted by Crippen LogP contribution is -2.55. The van der Waals surface area contributed by atoms with E-state index in [1.54, 1.807) is 29.2 Å². The predicted octanol–water partition coefficient (Wildman–Crippen LogP) is 4.04. The highest BCUT2D eigenvalue weighted by Gasteiger charge is 2.53. The Morgan fingerprint density at radius 1 is 1.14 bits per heavy atom. The van der Waals surface area contributed by atoms with E-state index in [1.807, 2.05) is 0 Å². The Kier molecular flexibility index (Phi) is 4.50. The summed E-state index contributed by atoms with van der Waals surface area (Å²) in [7, 11) is 0. The van der Waals surface area contributed by atoms with Gasteiger partial charge in [-0.05, 0) is 79.9 Å². The van der Waals surface area contributed by atoms with Gasteiger partial charge in [0.15, 0.2) is 0 Å². The molecule has 0 spiro atoms. The molecule has 0 aromatic heterocycles. The third kappa shape index (κ3) is 3.27. The summed E-state index contributed by atoms with van der Waals surface area (Å²) in [5, 5.41) is 0.476. The number of benzene rings is 1. The minimum Gasteiger partial charge on any atom is -0.330 e. The molecule has 4 aliphatic carbocycles. The van der Waals surface area contributed by atoms with Crippen molar-refractivity contribution in [1.82, 2.24) is 4.90 Å². The number of carbonyl (C=O) groups is 3. The van der Waals surface area contributed by atoms with Gasteiger partial charge in [-0.1, -0.05) is 17.7 Å². The molecule has 6 heteroatoms. The van der Waals surface area contributed by atoms with Crippen molar-refractivity contribution < 1.29 is 14.4 Å². The van der Waals surface area contributed by atoms with Crippen LogP contribution in [0.1, 0.15) is 51.9 Å². The fourth-order valence-corrected chi connectivity index (χ4v) is 7.22. The van der Waals surface area contributed by atoms with Crippen molar-refractivity contribution >= 4 is 35.0 Å². The molecule has 1 aromatic rings. The van der Waals surface area contributed by atoms with Gasteiger partial charge in [0.1, 0.15) is 6.04 Å². The highest BCUT2D eigenvalue weighted by molar-refractivity contribution is 6.31. The normalized spacial score (nSPS) is 35.4. The van der Waals surface area contributed by atoms with Crippen LogP contribution in [0.4, 0.5) is 5.69 Å². The first-order chi connectivity index (χ1) is 13.8. The molecule has 6 rings (SSSR count). The molecule has 1 aromatic carbocycles. The lowest BCUT2D eigenvalue weighted by molar-refractivity contribution is -0.143. The summed E-state index contributed by atoms with van der Waals surface area (Å²) in [6, 6.07) is 6.07. The third-order valence-corrected chi connectivity index (χ3v) is 7.88. The molecule has 4 saturated carbocycles. The maximum atomic E-state index is 13.2. The highest BCUT2D eigenvalue weighted by atomic mass is 35.5. The molecule has 5 nitrogen and oxygen atoms in total. The number of nitrogens with zero attached hydrogens (tertiary/aromatic N) is 2. The van der Waals surface area contributed by atoms with E-state index in [2.05, 4.69) is 0 Å². The van der Waals surface area contributed by atoms with Gasteiger partial charge in [-0.15, -0.1) is 0 Å². The molecule has 1 atom stereocenters. The number of imide groups is 1. The second kappa shape index (κ2) is 6.83. The largest absolute Gasteiger partial charge is 0.330 e. The van der Waals surface area contributed by atoms with Gasteiger partial charge >= 0.3 is 0 Å². The minimum absolute atomic E-state index is 0.0529. The standard InChI is InChI=1S/C23H27ClN2O3/c1-14(27)25(13-23-10-15-5-16(11-23)7-17(6-15)12-23)20-9-21(28)26(22(20)29)19-4-2-3-18(24)8-19/h2-4,8,15-17,20H,5-7,9-13H2,1H3/t15?,16?,17?,20-,23?/m0/s1. The van der Waals surface area contributed by atoms with Gasteiger partial charge in [0.05, 0.1) is 12.1 Å². The molecule has 3 amide bonds. The molecule has 1 aliphatic heterocycles. The SMILES string of the molecule is CC(=O)N(CC12CC3CC(CC(C3)C1)C2)[C@H]1CC(=O)N(c2cccc(Cl)c2)C1=O. The van der Waals surface area contributed by atoms with E-state index in [1.165, 1.54) is 31.1 Å². The average Bonchev–Trinajstić information content (AvgIpc) is 2.92. The Morgan fingerprint density at radius 3 is 2.31 bits per heavy atom. The zero-order valence-electron chi connectivity index (χ0n) is 16.8. The van der Waals surface area contributed by atoms with Gasteiger partial charge in [-0.2, -0.15) is 0 Å². The first kappa shape index (κ1) is 19.1. The molecule has 154 valence electrons. The molecule has 1 heterocycles. The number of hydrogen-bond donors (Lipinski definition) is 0. The second-order valence-corrected chi connectivity index (χ2v) is 10.3. The van der Waals surface area contributed by atoms with Crippen molar-refractivity contribution in [1.29, 1.82) is 0 Å². The first-order valence-electron chi connectivity index (χ1n) is 10.7. The van der Waals surface area contributed by atoms with E-state index < -0.39 is 6.04 Å². The Labute approximate surface area is 176 Å². The van der Waals surface area contributed by atoms with Gasteiger partial charge in [0, 0.05) is 18.5 Å². The lowest BCUT2D eigenvalue weighted by Gasteiger charge is -2.58. The quantitative estimate of drug-likeness (QED) is 0.699. The summed E-state index contributed by atoms with van der Waals surface area (Å²) in [6.45, 7) is 2.14. The summed E-state index contributed by atoms with van der Waals surface area (Å²) >= 11 is 6.06. The van der Waals surface area contributed by atoms with Crippen LogP contribution in [0.25, 0.3) is 0 Å². The highest BCUT2D eigenvalue weighted by Crippen LogP contribution is 2.60. The maximum absolute atomic E-state index is 13.2. The van der Waals surface area contributed by atoms with Crippen molar-refractivity contribution in [2.45, 2.75) is 57.9 Å². The number of amides is 3. The average molecular weight is 415 g/mol. The number of rotatable bonds is 4. The van der Waals surface area contributed by atoms with E-state index in [-0.39, 0.29) is 29.6 Å². The predicted molar refractivity (Wildman–Crippen MR) is 110 cm³/mol. The Hall–Kier alpha value is -1.88. The summed E-state index contributed by atoms with van der Waals surface area (Å²) in [6.07, 6.45) is 7.55. The van der Waals surface area contributed by atoms with E-state index >= 15 is 0 Å². The van der Waals surface area contributed by atoms with Crippen LogP contribution in [0, 0.1) is 23.2 Å². The van der Waals surface area contributed by atoms with Crippen LogP contribution in [-0.4, -0.2) is 35.2 Å². The summed E-state index contributed by atoms with van der Waals surface area (Å²) in [5.74, 6) is 1.65. The summed E-state index contributed by atoms with van der Waals surface area (Å²) in [4.78, 5) is 41.5. The van der Waals surface area contributed by atoms with Crippen molar-refractivity contribution in [3.8, 4) is 0 Å². The smallest absolute Gasteiger partial charge is 0.257 e. The molecule has 5 aliphatic rings. The van der Waals surface area contributed by atoms with Gasteiger partial charge in [-0.25, -0.2) is 4.90 Å². The van der Waals surface area contributed by atoms with Crippen LogP contribution in [-0.2, 0) is 14.4 Å². The van der Waals surface area contributed by atoms with Crippen molar-refractivity contribution in [3.63, 3.8) is 0 Å². The topological polar surface area (TPSA) is 57.7 Å². The van der Waals surface area contributed by atoms with E-state index in [9.17, 15) is 14.4 Å². The zero-order valence-corrected chi connectivity index (χ0v) is 17.5. The lowest BCUT2D eigenvalue weighted by atomic mass is 9.49. The number of hydrogen-bond acceptors (Lipinski definition) is 3. The fraction of sp³-hybridized carbons (Fsp3) is 0.609. The molecule has 4 bridgehead atoms. The Bertz CT molecular complexity index is 847. The molecule has 0 radical (unpaired) electrons. The Balaban J connectivity index is 1.40. The molecule has 0 unspecified atom stereocenters. The van der Waals surface area contributed by atoms with Gasteiger partial charge in [0.25, 0.3) is 5.91 Å². The molecule has 5 fully saturated rings. The van der Waals surface area contributed by atoms with E-state index in [0.717, 1.165) is 37.0 Å². The van der Waals surface area contributed by atoms with Gasteiger partial charge in [-0.3, -0.25) is 14.4 Å². The minimum atomic E-state index is -0.702. The summed E-state index contributed by atoms with van der Waals surface area (Å²) in [5.41, 5.74) is 0.612.